The summed E-state index contributed by atoms with van der Waals surface area (Å²) < 4.78 is 0. The van der Waals surface area contributed by atoms with Crippen molar-refractivity contribution >= 4 is 0 Å². The molecule has 10 heavy (non-hydrogen) atoms. The molecular weight excluding hydrogens is 124 g/mol. The fraction of sp³-hybridized carbons (Fsp3) is 0.500. The van der Waals surface area contributed by atoms with Gasteiger partial charge in [0.05, 0.1) is 6.67 Å². The van der Waals surface area contributed by atoms with E-state index < -0.39 is 0 Å². The van der Waals surface area contributed by atoms with Gasteiger partial charge in [-0.15, -0.1) is 0 Å². The molecule has 0 unspecified atom stereocenters. The topological polar surface area (TPSA) is 26.1 Å². The second kappa shape index (κ2) is 2.46. The molecule has 53 valence electrons. The number of hydrogen-bond acceptors (Lipinski definition) is 1. The maximum absolute atomic E-state index is 4.24. The van der Waals surface area contributed by atoms with E-state index in [-0.39, 0.29) is 0 Å². The fourth-order valence-electron chi connectivity index (χ4n) is 1.39. The first-order chi connectivity index (χ1) is 4.97. The van der Waals surface area contributed by atoms with Crippen LogP contribution in [0.15, 0.2) is 23.4 Å². The van der Waals surface area contributed by atoms with E-state index in [1.165, 1.54) is 24.1 Å². The maximum Gasteiger partial charge on any atom is 0.0816 e. The summed E-state index contributed by atoms with van der Waals surface area (Å²) in [6, 6.07) is 0. The van der Waals surface area contributed by atoms with E-state index in [2.05, 4.69) is 22.8 Å². The van der Waals surface area contributed by atoms with Gasteiger partial charge in [0.25, 0.3) is 0 Å². The first kappa shape index (κ1) is 5.98. The van der Waals surface area contributed by atoms with E-state index in [9.17, 15) is 0 Å². The van der Waals surface area contributed by atoms with Crippen LogP contribution in [-0.2, 0) is 0 Å². The van der Waals surface area contributed by atoms with Gasteiger partial charge in [-0.25, -0.2) is 5.32 Å². The van der Waals surface area contributed by atoms with Gasteiger partial charge in [0.2, 0.25) is 0 Å². The van der Waals surface area contributed by atoms with Gasteiger partial charge >= 0.3 is 0 Å². The predicted molar refractivity (Wildman–Crippen MR) is 40.4 cm³/mol. The largest absolute Gasteiger partial charge is 0.374 e. The Morgan fingerprint density at radius 1 is 1.50 bits per heavy atom. The van der Waals surface area contributed by atoms with Crippen LogP contribution in [0.25, 0.3) is 0 Å². The van der Waals surface area contributed by atoms with E-state index in [0.29, 0.717) is 0 Å². The maximum atomic E-state index is 4.24. The summed E-state index contributed by atoms with van der Waals surface area (Å²) in [5.41, 5.74) is 2.80. The third kappa shape index (κ3) is 0.948. The molecule has 2 rings (SSSR count). The molecule has 1 N–H and O–H groups in total. The normalized spacial score (nSPS) is 24.0. The van der Waals surface area contributed by atoms with Gasteiger partial charge in [-0.3, -0.25) is 0 Å². The van der Waals surface area contributed by atoms with Crippen LogP contribution in [0.1, 0.15) is 12.8 Å². The standard InChI is InChI=1S/C8H11N2/c1-2-4-8-7(3-1)5-9-6-10-8/h1,3,10H,2,4-6H2. The highest BCUT2D eigenvalue weighted by Crippen LogP contribution is 2.17. The van der Waals surface area contributed by atoms with Gasteiger partial charge in [-0.1, -0.05) is 12.2 Å². The molecule has 1 radical (unpaired) electrons. The molecule has 2 nitrogen and oxygen atoms in total. The molecule has 0 saturated carbocycles. The van der Waals surface area contributed by atoms with Crippen molar-refractivity contribution in [1.29, 1.82) is 0 Å². The molecule has 0 aromatic carbocycles. The molecule has 0 aromatic heterocycles. The number of nitrogens with one attached hydrogen (secondary N) is 1. The first-order valence-corrected chi connectivity index (χ1v) is 3.72. The predicted octanol–water partition coefficient (Wildman–Crippen LogP) is 0.756. The van der Waals surface area contributed by atoms with Gasteiger partial charge in [-0.05, 0) is 18.4 Å². The van der Waals surface area contributed by atoms with Crippen LogP contribution in [0.5, 0.6) is 0 Å². The molecular formula is C8H11N2. The van der Waals surface area contributed by atoms with Crippen molar-refractivity contribution in [1.82, 2.24) is 10.6 Å². The molecule has 1 aliphatic heterocycles. The highest BCUT2D eigenvalue weighted by molar-refractivity contribution is 5.30. The van der Waals surface area contributed by atoms with Crippen molar-refractivity contribution in [2.75, 3.05) is 13.2 Å². The Labute approximate surface area is 61.0 Å². The summed E-state index contributed by atoms with van der Waals surface area (Å²) in [6.07, 6.45) is 6.78. The summed E-state index contributed by atoms with van der Waals surface area (Å²) >= 11 is 0. The van der Waals surface area contributed by atoms with E-state index in [1.54, 1.807) is 0 Å². The van der Waals surface area contributed by atoms with Gasteiger partial charge in [-0.2, -0.15) is 0 Å². The van der Waals surface area contributed by atoms with E-state index >= 15 is 0 Å². The summed E-state index contributed by atoms with van der Waals surface area (Å²) in [7, 11) is 0. The third-order valence-electron chi connectivity index (χ3n) is 1.95. The van der Waals surface area contributed by atoms with Crippen LogP contribution in [0.2, 0.25) is 0 Å². The van der Waals surface area contributed by atoms with Crippen LogP contribution in [0, 0.1) is 0 Å². The van der Waals surface area contributed by atoms with E-state index in [4.69, 9.17) is 0 Å². The van der Waals surface area contributed by atoms with E-state index in [0.717, 1.165) is 13.2 Å². The summed E-state index contributed by atoms with van der Waals surface area (Å²) in [5.74, 6) is 0. The Bertz CT molecular complexity index is 191. The second-order valence-electron chi connectivity index (χ2n) is 2.66. The van der Waals surface area contributed by atoms with Crippen LogP contribution < -0.4 is 10.6 Å². The lowest BCUT2D eigenvalue weighted by molar-refractivity contribution is 0.586. The number of allylic oxidation sites excluding steroid dienone is 2. The molecule has 0 fully saturated rings. The molecule has 0 atom stereocenters. The SMILES string of the molecule is C1=CC2=C(CC1)NC[N]C2. The summed E-state index contributed by atoms with van der Waals surface area (Å²) in [5, 5.41) is 7.52. The zero-order valence-corrected chi connectivity index (χ0v) is 5.93. The van der Waals surface area contributed by atoms with Crippen molar-refractivity contribution in [3.8, 4) is 0 Å². The lowest BCUT2D eigenvalue weighted by atomic mass is 10.0. The highest BCUT2D eigenvalue weighted by Gasteiger charge is 2.11. The Kier molecular flexibility index (Phi) is 1.47. The van der Waals surface area contributed by atoms with Crippen molar-refractivity contribution in [2.24, 2.45) is 0 Å². The quantitative estimate of drug-likeness (QED) is 0.521. The summed E-state index contributed by atoms with van der Waals surface area (Å²) in [6.45, 7) is 1.73. The Morgan fingerprint density at radius 3 is 3.40 bits per heavy atom. The van der Waals surface area contributed by atoms with Crippen molar-refractivity contribution in [3.05, 3.63) is 23.4 Å². The third-order valence-corrected chi connectivity index (χ3v) is 1.95. The Balaban J connectivity index is 2.23. The number of nitrogens with zero attached hydrogens (tertiary/aromatic N) is 1. The molecule has 1 heterocycles. The van der Waals surface area contributed by atoms with Gasteiger partial charge in [0.15, 0.2) is 0 Å². The van der Waals surface area contributed by atoms with Crippen molar-refractivity contribution < 1.29 is 0 Å². The van der Waals surface area contributed by atoms with Crippen molar-refractivity contribution in [3.63, 3.8) is 0 Å². The van der Waals surface area contributed by atoms with E-state index in [1.807, 2.05) is 0 Å². The molecule has 0 saturated heterocycles. The second-order valence-corrected chi connectivity index (χ2v) is 2.66. The zero-order chi connectivity index (χ0) is 6.81. The molecule has 2 aliphatic rings. The van der Waals surface area contributed by atoms with Crippen LogP contribution >= 0.6 is 0 Å². The molecule has 2 heteroatoms. The smallest absolute Gasteiger partial charge is 0.0816 e. The average Bonchev–Trinajstić information content (AvgIpc) is 2.05. The lowest BCUT2D eigenvalue weighted by Crippen LogP contribution is -2.32. The van der Waals surface area contributed by atoms with Gasteiger partial charge in [0.1, 0.15) is 0 Å². The monoisotopic (exact) mass is 135 g/mol. The minimum atomic E-state index is 0.812. The average molecular weight is 135 g/mol. The first-order valence-electron chi connectivity index (χ1n) is 3.72. The number of hydrogen-bond donors (Lipinski definition) is 1. The summed E-state index contributed by atoms with van der Waals surface area (Å²) in [4.78, 5) is 0. The highest BCUT2D eigenvalue weighted by atomic mass is 15.1. The Hall–Kier alpha value is -0.760. The minimum absolute atomic E-state index is 0.812. The molecule has 0 bridgehead atoms. The number of rotatable bonds is 0. The van der Waals surface area contributed by atoms with Crippen LogP contribution in [0.4, 0.5) is 0 Å². The van der Waals surface area contributed by atoms with Gasteiger partial charge in [0, 0.05) is 12.2 Å². The van der Waals surface area contributed by atoms with Crippen molar-refractivity contribution in [2.45, 2.75) is 12.8 Å². The van der Waals surface area contributed by atoms with Gasteiger partial charge < -0.3 is 5.32 Å². The zero-order valence-electron chi connectivity index (χ0n) is 5.93. The molecule has 1 aliphatic carbocycles. The minimum Gasteiger partial charge on any atom is -0.374 e. The molecule has 0 spiro atoms. The fourth-order valence-corrected chi connectivity index (χ4v) is 1.39. The Morgan fingerprint density at radius 2 is 2.50 bits per heavy atom. The lowest BCUT2D eigenvalue weighted by Gasteiger charge is -2.22. The molecule has 0 amide bonds. The molecule has 0 aromatic rings. The van der Waals surface area contributed by atoms with Crippen LogP contribution in [-0.4, -0.2) is 13.2 Å². The van der Waals surface area contributed by atoms with Crippen LogP contribution in [0.3, 0.4) is 0 Å².